The third kappa shape index (κ3) is 3.41. The summed E-state index contributed by atoms with van der Waals surface area (Å²) in [5.74, 6) is 0.458. The Morgan fingerprint density at radius 1 is 1.24 bits per heavy atom. The van der Waals surface area contributed by atoms with Crippen molar-refractivity contribution in [1.82, 2.24) is 9.97 Å². The third-order valence-corrected chi connectivity index (χ3v) is 3.63. The van der Waals surface area contributed by atoms with Gasteiger partial charge in [0.1, 0.15) is 5.76 Å². The van der Waals surface area contributed by atoms with E-state index >= 15 is 0 Å². The first-order valence-electron chi connectivity index (χ1n) is 5.77. The smallest absolute Gasteiger partial charge is 0.297 e. The van der Waals surface area contributed by atoms with Gasteiger partial charge in [-0.25, -0.2) is 4.72 Å². The third-order valence-electron chi connectivity index (χ3n) is 2.43. The monoisotopic (exact) mass is 314 g/mol. The molecule has 2 rings (SSSR count). The second kappa shape index (κ2) is 5.97. The van der Waals surface area contributed by atoms with Gasteiger partial charge in [0.2, 0.25) is 22.8 Å². The number of ether oxygens (including phenoxy) is 2. The second-order valence-corrected chi connectivity index (χ2v) is 5.42. The molecule has 2 aromatic rings. The van der Waals surface area contributed by atoms with Gasteiger partial charge in [0.05, 0.1) is 26.8 Å². The van der Waals surface area contributed by atoms with E-state index in [4.69, 9.17) is 19.6 Å². The van der Waals surface area contributed by atoms with Crippen molar-refractivity contribution in [3.8, 4) is 11.8 Å². The lowest BCUT2D eigenvalue weighted by Gasteiger charge is -2.07. The normalized spacial score (nSPS) is 11.2. The fourth-order valence-corrected chi connectivity index (χ4v) is 2.34. The van der Waals surface area contributed by atoms with E-state index in [1.165, 1.54) is 32.4 Å². The summed E-state index contributed by atoms with van der Waals surface area (Å²) in [5, 5.41) is -0.284. The number of methoxy groups -OCH3 is 2. The lowest BCUT2D eigenvalue weighted by atomic mass is 10.5. The molecule has 3 N–H and O–H groups in total. The van der Waals surface area contributed by atoms with Crippen molar-refractivity contribution >= 4 is 16.0 Å². The van der Waals surface area contributed by atoms with Crippen LogP contribution in [0.2, 0.25) is 0 Å². The number of sulfonamides is 1. The number of hydrogen-bond acceptors (Lipinski definition) is 8. The molecule has 0 aliphatic heterocycles. The van der Waals surface area contributed by atoms with E-state index in [0.29, 0.717) is 5.76 Å². The van der Waals surface area contributed by atoms with Crippen LogP contribution in [0, 0.1) is 0 Å². The minimum absolute atomic E-state index is 0.0962. The van der Waals surface area contributed by atoms with E-state index < -0.39 is 10.0 Å². The zero-order valence-electron chi connectivity index (χ0n) is 11.4. The Kier molecular flexibility index (Phi) is 4.29. The number of rotatable bonds is 6. The van der Waals surface area contributed by atoms with Gasteiger partial charge >= 0.3 is 0 Å². The molecule has 0 aromatic carbocycles. The maximum absolute atomic E-state index is 12.1. The Labute approximate surface area is 121 Å². The van der Waals surface area contributed by atoms with Gasteiger partial charge in [0.25, 0.3) is 10.0 Å². The van der Waals surface area contributed by atoms with Crippen LogP contribution in [0.4, 0.5) is 5.95 Å². The molecule has 0 atom stereocenters. The van der Waals surface area contributed by atoms with Crippen LogP contribution in [0.3, 0.4) is 0 Å². The summed E-state index contributed by atoms with van der Waals surface area (Å²) < 4.78 is 41.4. The molecule has 0 aliphatic carbocycles. The fourth-order valence-electron chi connectivity index (χ4n) is 1.44. The summed E-state index contributed by atoms with van der Waals surface area (Å²) >= 11 is 0. The fraction of sp³-hybridized carbons (Fsp3) is 0.273. The van der Waals surface area contributed by atoms with Crippen LogP contribution in [-0.2, 0) is 16.6 Å². The zero-order valence-corrected chi connectivity index (χ0v) is 12.2. The van der Waals surface area contributed by atoms with Crippen LogP contribution < -0.4 is 19.9 Å². The van der Waals surface area contributed by atoms with E-state index in [1.807, 2.05) is 0 Å². The molecule has 2 heterocycles. The van der Waals surface area contributed by atoms with Crippen LogP contribution in [0.1, 0.15) is 5.76 Å². The largest absolute Gasteiger partial charge is 0.481 e. The van der Waals surface area contributed by atoms with Gasteiger partial charge in [-0.1, -0.05) is 0 Å². The summed E-state index contributed by atoms with van der Waals surface area (Å²) in [4.78, 5) is 7.74. The molecule has 0 radical (unpaired) electrons. The Bertz CT molecular complexity index is 706. The van der Waals surface area contributed by atoms with Gasteiger partial charge in [-0.05, 0) is 12.1 Å². The molecule has 10 heteroatoms. The first kappa shape index (κ1) is 15.1. The van der Waals surface area contributed by atoms with Gasteiger partial charge in [-0.3, -0.25) is 0 Å². The minimum Gasteiger partial charge on any atom is -0.481 e. The number of nitrogens with one attached hydrogen (secondary N) is 1. The summed E-state index contributed by atoms with van der Waals surface area (Å²) in [6.45, 7) is 0.0962. The van der Waals surface area contributed by atoms with Crippen molar-refractivity contribution in [3.63, 3.8) is 0 Å². The Balaban J connectivity index is 2.31. The predicted molar refractivity (Wildman–Crippen MR) is 72.5 cm³/mol. The minimum atomic E-state index is -3.96. The standard InChI is InChI=1S/C11H14N4O5S/c1-18-8-5-9(19-2)14-11(13-8)15-21(16,17)10-4-3-7(6-12)20-10/h3-5H,6,12H2,1-2H3,(H,13,14,15). The van der Waals surface area contributed by atoms with Gasteiger partial charge in [-0.2, -0.15) is 18.4 Å². The molecule has 0 bridgehead atoms. The van der Waals surface area contributed by atoms with Crippen LogP contribution in [0.25, 0.3) is 0 Å². The van der Waals surface area contributed by atoms with Crippen molar-refractivity contribution in [1.29, 1.82) is 0 Å². The van der Waals surface area contributed by atoms with E-state index in [1.54, 1.807) is 0 Å². The van der Waals surface area contributed by atoms with Gasteiger partial charge in [-0.15, -0.1) is 0 Å². The van der Waals surface area contributed by atoms with Crippen molar-refractivity contribution in [2.45, 2.75) is 11.6 Å². The maximum atomic E-state index is 12.1. The Hall–Kier alpha value is -2.33. The molecule has 0 fully saturated rings. The lowest BCUT2D eigenvalue weighted by molar-refractivity contribution is 0.373. The molecular formula is C11H14N4O5S. The van der Waals surface area contributed by atoms with Gasteiger partial charge < -0.3 is 19.6 Å². The Morgan fingerprint density at radius 2 is 1.86 bits per heavy atom. The molecule has 0 aliphatic rings. The maximum Gasteiger partial charge on any atom is 0.297 e. The highest BCUT2D eigenvalue weighted by Crippen LogP contribution is 2.21. The summed E-state index contributed by atoms with van der Waals surface area (Å²) in [5.41, 5.74) is 5.37. The Morgan fingerprint density at radius 3 is 2.33 bits per heavy atom. The first-order chi connectivity index (χ1) is 9.98. The zero-order chi connectivity index (χ0) is 15.5. The van der Waals surface area contributed by atoms with Crippen LogP contribution in [0.15, 0.2) is 27.7 Å². The van der Waals surface area contributed by atoms with E-state index in [9.17, 15) is 8.42 Å². The van der Waals surface area contributed by atoms with E-state index in [-0.39, 0.29) is 29.3 Å². The molecule has 0 unspecified atom stereocenters. The van der Waals surface area contributed by atoms with Crippen LogP contribution in [-0.4, -0.2) is 32.6 Å². The molecule has 0 saturated carbocycles. The molecule has 0 amide bonds. The van der Waals surface area contributed by atoms with Crippen molar-refractivity contribution in [2.24, 2.45) is 5.73 Å². The average Bonchev–Trinajstić information content (AvgIpc) is 2.96. The van der Waals surface area contributed by atoms with E-state index in [2.05, 4.69) is 14.7 Å². The second-order valence-electron chi connectivity index (χ2n) is 3.81. The van der Waals surface area contributed by atoms with Crippen molar-refractivity contribution < 1.29 is 22.3 Å². The first-order valence-corrected chi connectivity index (χ1v) is 7.25. The number of anilines is 1. The average molecular weight is 314 g/mol. The number of furan rings is 1. The molecule has 0 saturated heterocycles. The predicted octanol–water partition coefficient (Wildman–Crippen LogP) is 0.346. The van der Waals surface area contributed by atoms with Crippen molar-refractivity contribution in [3.05, 3.63) is 24.0 Å². The number of aromatic nitrogens is 2. The number of hydrogen-bond donors (Lipinski definition) is 2. The molecule has 9 nitrogen and oxygen atoms in total. The molecule has 2 aromatic heterocycles. The van der Waals surface area contributed by atoms with E-state index in [0.717, 1.165) is 0 Å². The summed E-state index contributed by atoms with van der Waals surface area (Å²) in [6, 6.07) is 4.18. The highest BCUT2D eigenvalue weighted by Gasteiger charge is 2.21. The lowest BCUT2D eigenvalue weighted by Crippen LogP contribution is -2.15. The summed E-state index contributed by atoms with van der Waals surface area (Å²) in [6.07, 6.45) is 0. The highest BCUT2D eigenvalue weighted by molar-refractivity contribution is 7.92. The number of nitrogens with zero attached hydrogens (tertiary/aromatic N) is 2. The van der Waals surface area contributed by atoms with Crippen LogP contribution in [0.5, 0.6) is 11.8 Å². The van der Waals surface area contributed by atoms with Gasteiger partial charge in [0.15, 0.2) is 0 Å². The SMILES string of the molecule is COc1cc(OC)nc(NS(=O)(=O)c2ccc(CN)o2)n1. The molecule has 21 heavy (non-hydrogen) atoms. The van der Waals surface area contributed by atoms with Crippen molar-refractivity contribution in [2.75, 3.05) is 18.9 Å². The molecule has 114 valence electrons. The molecule has 0 spiro atoms. The molecular weight excluding hydrogens is 300 g/mol. The van der Waals surface area contributed by atoms with Gasteiger partial charge in [0, 0.05) is 0 Å². The summed E-state index contributed by atoms with van der Waals surface area (Å²) in [7, 11) is -1.18. The number of nitrogens with two attached hydrogens (primary N) is 1. The van der Waals surface area contributed by atoms with Crippen LogP contribution >= 0.6 is 0 Å². The topological polar surface area (TPSA) is 130 Å². The quantitative estimate of drug-likeness (QED) is 0.781. The highest BCUT2D eigenvalue weighted by atomic mass is 32.2.